The predicted octanol–water partition coefficient (Wildman–Crippen LogP) is 2.15. The predicted molar refractivity (Wildman–Crippen MR) is 123 cm³/mol. The summed E-state index contributed by atoms with van der Waals surface area (Å²) in [6, 6.07) is 8.57. The number of benzene rings is 1. The fourth-order valence-electron chi connectivity index (χ4n) is 4.31. The van der Waals surface area contributed by atoms with Crippen LogP contribution in [0.2, 0.25) is 0 Å². The monoisotopic (exact) mass is 440 g/mol. The number of amides is 1. The Bertz CT molecular complexity index is 947. The fraction of sp³-hybridized carbons (Fsp3) is 0.522. The summed E-state index contributed by atoms with van der Waals surface area (Å²) in [6.07, 6.45) is 3.68. The molecule has 3 heterocycles. The smallest absolute Gasteiger partial charge is 0.320 e. The van der Waals surface area contributed by atoms with E-state index in [0.717, 1.165) is 31.6 Å². The van der Waals surface area contributed by atoms with E-state index in [1.165, 1.54) is 18.4 Å². The second-order valence-electron chi connectivity index (χ2n) is 8.51. The van der Waals surface area contributed by atoms with Gasteiger partial charge in [-0.2, -0.15) is 9.97 Å². The molecular formula is C23H32N6O3. The molecule has 9 heteroatoms. The van der Waals surface area contributed by atoms with Crippen molar-refractivity contribution in [1.29, 1.82) is 0 Å². The lowest BCUT2D eigenvalue weighted by Crippen LogP contribution is -2.39. The lowest BCUT2D eigenvalue weighted by molar-refractivity contribution is -0.115. The molecule has 1 aromatic carbocycles. The summed E-state index contributed by atoms with van der Waals surface area (Å²) in [5.41, 5.74) is 8.89. The van der Waals surface area contributed by atoms with Gasteiger partial charge in [0.2, 0.25) is 5.91 Å². The van der Waals surface area contributed by atoms with Crippen LogP contribution in [-0.2, 0) is 17.9 Å². The number of nitrogens with zero attached hydrogens (tertiary/aromatic N) is 4. The Hall–Kier alpha value is -2.91. The van der Waals surface area contributed by atoms with Gasteiger partial charge in [0, 0.05) is 13.1 Å². The van der Waals surface area contributed by atoms with Crippen molar-refractivity contribution in [3.8, 4) is 6.01 Å². The lowest BCUT2D eigenvalue weighted by Gasteiger charge is -2.30. The highest BCUT2D eigenvalue weighted by atomic mass is 16.5. The Kier molecular flexibility index (Phi) is 7.06. The van der Waals surface area contributed by atoms with Crippen molar-refractivity contribution in [3.63, 3.8) is 0 Å². The Morgan fingerprint density at radius 1 is 1.22 bits per heavy atom. The number of ether oxygens (including phenoxy) is 1. The van der Waals surface area contributed by atoms with Crippen molar-refractivity contribution >= 4 is 23.2 Å². The topological polar surface area (TPSA) is 117 Å². The molecule has 0 radical (unpaired) electrons. The summed E-state index contributed by atoms with van der Waals surface area (Å²) in [7, 11) is 0. The summed E-state index contributed by atoms with van der Waals surface area (Å²) in [5.74, 6) is 0.526. The van der Waals surface area contributed by atoms with Crippen molar-refractivity contribution in [3.05, 3.63) is 35.4 Å². The number of nitrogens with two attached hydrogens (primary N) is 1. The Morgan fingerprint density at radius 2 is 1.97 bits per heavy atom. The van der Waals surface area contributed by atoms with E-state index in [4.69, 9.17) is 10.5 Å². The maximum absolute atomic E-state index is 12.3. The molecule has 0 saturated carbocycles. The molecule has 1 saturated heterocycles. The number of aliphatic hydroxyl groups is 1. The summed E-state index contributed by atoms with van der Waals surface area (Å²) < 4.78 is 5.77. The molecule has 1 aromatic heterocycles. The van der Waals surface area contributed by atoms with Crippen molar-refractivity contribution in [1.82, 2.24) is 14.9 Å². The van der Waals surface area contributed by atoms with Gasteiger partial charge in [0.05, 0.1) is 13.2 Å². The number of rotatable bonds is 9. The molecule has 2 aliphatic rings. The van der Waals surface area contributed by atoms with Gasteiger partial charge in [-0.25, -0.2) is 0 Å². The molecular weight excluding hydrogens is 408 g/mol. The van der Waals surface area contributed by atoms with E-state index in [-0.39, 0.29) is 30.9 Å². The second-order valence-corrected chi connectivity index (χ2v) is 8.51. The van der Waals surface area contributed by atoms with Gasteiger partial charge in [0.25, 0.3) is 0 Å². The fourth-order valence-corrected chi connectivity index (χ4v) is 4.31. The van der Waals surface area contributed by atoms with Gasteiger partial charge in [0.15, 0.2) is 11.6 Å². The average Bonchev–Trinajstić information content (AvgIpc) is 3.27. The van der Waals surface area contributed by atoms with Crippen LogP contribution in [0.15, 0.2) is 24.3 Å². The maximum atomic E-state index is 12.3. The zero-order valence-electron chi connectivity index (χ0n) is 18.6. The Balaban J connectivity index is 1.56. The largest absolute Gasteiger partial charge is 0.458 e. The Morgan fingerprint density at radius 3 is 2.69 bits per heavy atom. The standard InChI is InChI=1S/C23H32N6O3/c1-2-6-18(15-30)32-23-26-21(24)20-22(27-23)29(14-19(31)25-20)13-17-8-5-7-16(11-17)12-28-9-3-4-10-28/h5,7-8,11,18,30H,2-4,6,9-10,12-15H2,1H3,(H,25,31)(H2,24,26,27). The van der Waals surface area contributed by atoms with Crippen LogP contribution in [0.4, 0.5) is 17.3 Å². The van der Waals surface area contributed by atoms with Crippen molar-refractivity contribution in [2.24, 2.45) is 0 Å². The first-order valence-electron chi connectivity index (χ1n) is 11.4. The van der Waals surface area contributed by atoms with Gasteiger partial charge in [-0.05, 0) is 43.5 Å². The molecule has 2 aliphatic heterocycles. The maximum Gasteiger partial charge on any atom is 0.320 e. The second kappa shape index (κ2) is 10.1. The molecule has 4 rings (SSSR count). The third kappa shape index (κ3) is 5.28. The number of nitrogen functional groups attached to an aromatic ring is 1. The molecule has 32 heavy (non-hydrogen) atoms. The van der Waals surface area contributed by atoms with Crippen molar-refractivity contribution in [2.45, 2.75) is 51.8 Å². The van der Waals surface area contributed by atoms with Crippen LogP contribution in [0.3, 0.4) is 0 Å². The molecule has 172 valence electrons. The third-order valence-corrected chi connectivity index (χ3v) is 5.85. The van der Waals surface area contributed by atoms with Gasteiger partial charge >= 0.3 is 6.01 Å². The number of aromatic nitrogens is 2. The number of likely N-dealkylation sites (tertiary alicyclic amines) is 1. The molecule has 1 unspecified atom stereocenters. The van der Waals surface area contributed by atoms with Crippen LogP contribution in [-0.4, -0.2) is 58.2 Å². The number of nitrogens with one attached hydrogen (secondary N) is 1. The number of carbonyl (C=O) groups excluding carboxylic acids is 1. The molecule has 9 nitrogen and oxygen atoms in total. The normalized spacial score (nSPS) is 17.2. The van der Waals surface area contributed by atoms with Crippen LogP contribution in [0.5, 0.6) is 6.01 Å². The highest BCUT2D eigenvalue weighted by Gasteiger charge is 2.28. The molecule has 2 aromatic rings. The summed E-state index contributed by atoms with van der Waals surface area (Å²) in [4.78, 5) is 25.4. The van der Waals surface area contributed by atoms with Gasteiger partial charge in [-0.1, -0.05) is 37.6 Å². The molecule has 1 amide bonds. The van der Waals surface area contributed by atoms with E-state index in [1.807, 2.05) is 11.8 Å². The number of aliphatic hydroxyl groups excluding tert-OH is 1. The molecule has 1 fully saturated rings. The zero-order chi connectivity index (χ0) is 22.5. The molecule has 4 N–H and O–H groups in total. The molecule has 1 atom stereocenters. The van der Waals surface area contributed by atoms with E-state index in [2.05, 4.69) is 44.5 Å². The quantitative estimate of drug-likeness (QED) is 0.543. The first-order chi connectivity index (χ1) is 15.6. The van der Waals surface area contributed by atoms with Crippen molar-refractivity contribution in [2.75, 3.05) is 42.2 Å². The van der Waals surface area contributed by atoms with Crippen LogP contribution in [0.1, 0.15) is 43.7 Å². The van der Waals surface area contributed by atoms with Crippen LogP contribution < -0.4 is 20.7 Å². The third-order valence-electron chi connectivity index (χ3n) is 5.85. The van der Waals surface area contributed by atoms with E-state index in [1.54, 1.807) is 0 Å². The molecule has 0 aliphatic carbocycles. The minimum atomic E-state index is -0.397. The average molecular weight is 441 g/mol. The van der Waals surface area contributed by atoms with E-state index < -0.39 is 6.10 Å². The number of hydrogen-bond donors (Lipinski definition) is 3. The highest BCUT2D eigenvalue weighted by molar-refractivity contribution is 6.03. The Labute approximate surface area is 188 Å². The van der Waals surface area contributed by atoms with Crippen LogP contribution in [0.25, 0.3) is 0 Å². The summed E-state index contributed by atoms with van der Waals surface area (Å²) >= 11 is 0. The summed E-state index contributed by atoms with van der Waals surface area (Å²) in [6.45, 7) is 5.81. The SMILES string of the molecule is CCCC(CO)Oc1nc(N)c2c(n1)N(Cc1cccc(CN3CCCC3)c1)CC(=O)N2. The molecule has 0 bridgehead atoms. The van der Waals surface area contributed by atoms with E-state index >= 15 is 0 Å². The first kappa shape index (κ1) is 22.3. The van der Waals surface area contributed by atoms with Gasteiger partial charge < -0.3 is 25.8 Å². The zero-order valence-corrected chi connectivity index (χ0v) is 18.6. The van der Waals surface area contributed by atoms with Gasteiger partial charge in [0.1, 0.15) is 11.8 Å². The number of fused-ring (bicyclic) bond motifs is 1. The van der Waals surface area contributed by atoms with Crippen molar-refractivity contribution < 1.29 is 14.6 Å². The van der Waals surface area contributed by atoms with Crippen LogP contribution >= 0.6 is 0 Å². The lowest BCUT2D eigenvalue weighted by atomic mass is 10.1. The summed E-state index contributed by atoms with van der Waals surface area (Å²) in [5, 5.41) is 12.3. The van der Waals surface area contributed by atoms with Gasteiger partial charge in [-0.3, -0.25) is 9.69 Å². The van der Waals surface area contributed by atoms with Crippen LogP contribution in [0, 0.1) is 0 Å². The minimum absolute atomic E-state index is 0.109. The number of hydrogen-bond acceptors (Lipinski definition) is 8. The van der Waals surface area contributed by atoms with E-state index in [9.17, 15) is 9.90 Å². The number of carbonyl (C=O) groups is 1. The highest BCUT2D eigenvalue weighted by Crippen LogP contribution is 2.34. The molecule has 0 spiro atoms. The number of anilines is 3. The minimum Gasteiger partial charge on any atom is -0.458 e. The van der Waals surface area contributed by atoms with Gasteiger partial charge in [-0.15, -0.1) is 0 Å². The first-order valence-corrected chi connectivity index (χ1v) is 11.4. The van der Waals surface area contributed by atoms with E-state index in [0.29, 0.717) is 24.5 Å².